The molecule has 4 heteroatoms. The second-order valence-electron chi connectivity index (χ2n) is 5.12. The van der Waals surface area contributed by atoms with Gasteiger partial charge in [0.2, 0.25) is 0 Å². The van der Waals surface area contributed by atoms with Gasteiger partial charge in [0.15, 0.2) is 0 Å². The van der Waals surface area contributed by atoms with Crippen molar-refractivity contribution in [1.29, 1.82) is 0 Å². The Balaban J connectivity index is 1.88. The predicted molar refractivity (Wildman–Crippen MR) is 78.7 cm³/mol. The van der Waals surface area contributed by atoms with Crippen molar-refractivity contribution in [3.63, 3.8) is 0 Å². The Morgan fingerprint density at radius 3 is 2.90 bits per heavy atom. The Morgan fingerprint density at radius 1 is 1.24 bits per heavy atom. The summed E-state index contributed by atoms with van der Waals surface area (Å²) in [5.41, 5.74) is 2.48. The summed E-state index contributed by atoms with van der Waals surface area (Å²) in [6.45, 7) is 2.32. The van der Waals surface area contributed by atoms with Crippen molar-refractivity contribution in [2.45, 2.75) is 25.8 Å². The smallest absolute Gasteiger partial charge is 0.145 e. The molecular formula is C17H17F2NO. The van der Waals surface area contributed by atoms with Gasteiger partial charge in [0.1, 0.15) is 17.4 Å². The average molecular weight is 289 g/mol. The van der Waals surface area contributed by atoms with E-state index in [1.807, 2.05) is 13.0 Å². The largest absolute Gasteiger partial charge is 0.492 e. The second kappa shape index (κ2) is 5.72. The van der Waals surface area contributed by atoms with Crippen LogP contribution in [0.25, 0.3) is 0 Å². The van der Waals surface area contributed by atoms with Gasteiger partial charge in [0, 0.05) is 6.07 Å². The molecule has 110 valence electrons. The Bertz CT molecular complexity index is 657. The fourth-order valence-electron chi connectivity index (χ4n) is 2.84. The van der Waals surface area contributed by atoms with Gasteiger partial charge in [0.25, 0.3) is 0 Å². The third-order valence-corrected chi connectivity index (χ3v) is 3.79. The lowest BCUT2D eigenvalue weighted by molar-refractivity contribution is 0.339. The summed E-state index contributed by atoms with van der Waals surface area (Å²) in [6.07, 6.45) is 1.53. The highest BCUT2D eigenvalue weighted by Gasteiger charge is 2.25. The first-order chi connectivity index (χ1) is 10.2. The monoisotopic (exact) mass is 289 g/mol. The number of fused-ring (bicyclic) bond motifs is 1. The molecule has 2 aromatic carbocycles. The van der Waals surface area contributed by atoms with E-state index in [4.69, 9.17) is 4.74 Å². The first-order valence-electron chi connectivity index (χ1n) is 7.15. The number of hydrogen-bond donors (Lipinski definition) is 1. The van der Waals surface area contributed by atoms with Crippen LogP contribution in [0.15, 0.2) is 36.4 Å². The molecule has 21 heavy (non-hydrogen) atoms. The van der Waals surface area contributed by atoms with Gasteiger partial charge in [0.05, 0.1) is 18.3 Å². The van der Waals surface area contributed by atoms with E-state index in [1.54, 1.807) is 12.1 Å². The van der Waals surface area contributed by atoms with Crippen molar-refractivity contribution in [2.24, 2.45) is 0 Å². The number of rotatable bonds is 4. The normalized spacial score (nSPS) is 16.6. The van der Waals surface area contributed by atoms with Gasteiger partial charge in [-0.25, -0.2) is 8.78 Å². The van der Waals surface area contributed by atoms with E-state index in [9.17, 15) is 8.78 Å². The van der Waals surface area contributed by atoms with Crippen molar-refractivity contribution in [3.05, 3.63) is 59.2 Å². The third-order valence-electron chi connectivity index (χ3n) is 3.79. The van der Waals surface area contributed by atoms with E-state index in [0.29, 0.717) is 18.8 Å². The lowest BCUT2D eigenvalue weighted by Gasteiger charge is -2.18. The molecule has 0 heterocycles. The van der Waals surface area contributed by atoms with Crippen LogP contribution in [-0.2, 0) is 6.42 Å². The molecule has 1 N–H and O–H groups in total. The number of nitrogens with one attached hydrogen (secondary N) is 1. The van der Waals surface area contributed by atoms with Crippen LogP contribution >= 0.6 is 0 Å². The molecule has 1 aliphatic carbocycles. The maximum Gasteiger partial charge on any atom is 0.145 e. The SMILES string of the molecule is CCOc1cc(F)ccc1NC1CCc2c(F)cccc21. The van der Waals surface area contributed by atoms with E-state index >= 15 is 0 Å². The van der Waals surface area contributed by atoms with E-state index < -0.39 is 0 Å². The highest BCUT2D eigenvalue weighted by molar-refractivity contribution is 5.58. The van der Waals surface area contributed by atoms with Gasteiger partial charge < -0.3 is 10.1 Å². The molecule has 1 aliphatic rings. The van der Waals surface area contributed by atoms with Crippen LogP contribution in [-0.4, -0.2) is 6.61 Å². The molecule has 0 aromatic heterocycles. The van der Waals surface area contributed by atoms with E-state index in [1.165, 1.54) is 18.2 Å². The van der Waals surface area contributed by atoms with Gasteiger partial charge in [-0.3, -0.25) is 0 Å². The van der Waals surface area contributed by atoms with Gasteiger partial charge in [-0.15, -0.1) is 0 Å². The number of halogens is 2. The number of ether oxygens (including phenoxy) is 1. The Labute approximate surface area is 122 Å². The molecule has 3 rings (SSSR count). The molecular weight excluding hydrogens is 272 g/mol. The minimum absolute atomic E-state index is 0.0281. The standard InChI is InChI=1S/C17H17F2NO/c1-2-21-17-10-11(18)6-8-16(17)20-15-9-7-12-13(15)4-3-5-14(12)19/h3-6,8,10,15,20H,2,7,9H2,1H3. The zero-order valence-electron chi connectivity index (χ0n) is 11.8. The molecule has 0 aliphatic heterocycles. The molecule has 0 radical (unpaired) electrons. The molecule has 0 saturated heterocycles. The van der Waals surface area contributed by atoms with Gasteiger partial charge in [-0.2, -0.15) is 0 Å². The molecule has 0 bridgehead atoms. The zero-order chi connectivity index (χ0) is 14.8. The van der Waals surface area contributed by atoms with Crippen LogP contribution in [0.3, 0.4) is 0 Å². The molecule has 0 spiro atoms. The highest BCUT2D eigenvalue weighted by atomic mass is 19.1. The summed E-state index contributed by atoms with van der Waals surface area (Å²) in [5.74, 6) is 0.00478. The van der Waals surface area contributed by atoms with Crippen molar-refractivity contribution in [1.82, 2.24) is 0 Å². The topological polar surface area (TPSA) is 21.3 Å². The summed E-state index contributed by atoms with van der Waals surface area (Å²) < 4.78 is 32.5. The molecule has 0 fully saturated rings. The first-order valence-corrected chi connectivity index (χ1v) is 7.15. The molecule has 2 nitrogen and oxygen atoms in total. The van der Waals surface area contributed by atoms with Gasteiger partial charge >= 0.3 is 0 Å². The molecule has 2 aromatic rings. The van der Waals surface area contributed by atoms with Gasteiger partial charge in [-0.05, 0) is 49.1 Å². The molecule has 1 unspecified atom stereocenters. The van der Waals surface area contributed by atoms with E-state index in [2.05, 4.69) is 5.32 Å². The fraction of sp³-hybridized carbons (Fsp3) is 0.294. The highest BCUT2D eigenvalue weighted by Crippen LogP contribution is 2.37. The lowest BCUT2D eigenvalue weighted by atomic mass is 10.1. The fourth-order valence-corrected chi connectivity index (χ4v) is 2.84. The van der Waals surface area contributed by atoms with Crippen molar-refractivity contribution in [3.8, 4) is 5.75 Å². The van der Waals surface area contributed by atoms with Crippen LogP contribution < -0.4 is 10.1 Å². The quantitative estimate of drug-likeness (QED) is 0.897. The summed E-state index contributed by atoms with van der Waals surface area (Å²) >= 11 is 0. The first kappa shape index (κ1) is 13.9. The molecule has 1 atom stereocenters. The molecule has 0 amide bonds. The van der Waals surface area contributed by atoms with E-state index in [0.717, 1.165) is 23.2 Å². The van der Waals surface area contributed by atoms with Crippen LogP contribution in [0.5, 0.6) is 5.75 Å². The predicted octanol–water partition coefficient (Wildman–Crippen LogP) is 4.46. The summed E-state index contributed by atoms with van der Waals surface area (Å²) in [6, 6.07) is 9.61. The Hall–Kier alpha value is -2.10. The Kier molecular flexibility index (Phi) is 3.78. The summed E-state index contributed by atoms with van der Waals surface area (Å²) in [5, 5.41) is 3.35. The third kappa shape index (κ3) is 2.71. The van der Waals surface area contributed by atoms with Crippen LogP contribution in [0.2, 0.25) is 0 Å². The minimum Gasteiger partial charge on any atom is -0.492 e. The zero-order valence-corrected chi connectivity index (χ0v) is 11.8. The van der Waals surface area contributed by atoms with Crippen molar-refractivity contribution < 1.29 is 13.5 Å². The van der Waals surface area contributed by atoms with Gasteiger partial charge in [-0.1, -0.05) is 12.1 Å². The van der Waals surface area contributed by atoms with Crippen LogP contribution in [0.4, 0.5) is 14.5 Å². The lowest BCUT2D eigenvalue weighted by Crippen LogP contribution is -2.09. The summed E-state index contributed by atoms with van der Waals surface area (Å²) in [7, 11) is 0. The number of benzene rings is 2. The van der Waals surface area contributed by atoms with E-state index in [-0.39, 0.29) is 17.7 Å². The van der Waals surface area contributed by atoms with Crippen molar-refractivity contribution >= 4 is 5.69 Å². The number of anilines is 1. The maximum atomic E-state index is 13.8. The minimum atomic E-state index is -0.332. The Morgan fingerprint density at radius 2 is 2.10 bits per heavy atom. The molecule has 0 saturated carbocycles. The van der Waals surface area contributed by atoms with Crippen LogP contribution in [0.1, 0.15) is 30.5 Å². The second-order valence-corrected chi connectivity index (χ2v) is 5.12. The van der Waals surface area contributed by atoms with Crippen molar-refractivity contribution in [2.75, 3.05) is 11.9 Å². The average Bonchev–Trinajstić information content (AvgIpc) is 2.87. The van der Waals surface area contributed by atoms with Crippen LogP contribution in [0, 0.1) is 11.6 Å². The summed E-state index contributed by atoms with van der Waals surface area (Å²) in [4.78, 5) is 0. The maximum absolute atomic E-state index is 13.8. The number of hydrogen-bond acceptors (Lipinski definition) is 2.